The first-order valence-electron chi connectivity index (χ1n) is 13.5. The van der Waals surface area contributed by atoms with Crippen molar-refractivity contribution >= 4 is 18.3 Å². The Labute approximate surface area is 229 Å². The number of amides is 1. The van der Waals surface area contributed by atoms with Gasteiger partial charge in [0.05, 0.1) is 12.7 Å². The molecule has 4 N–H and O–H groups in total. The van der Waals surface area contributed by atoms with Gasteiger partial charge in [0.2, 0.25) is 11.7 Å². The van der Waals surface area contributed by atoms with Crippen molar-refractivity contribution < 1.29 is 28.8 Å². The summed E-state index contributed by atoms with van der Waals surface area (Å²) in [6.45, 7) is 11.1. The first-order chi connectivity index (χ1) is 17.3. The van der Waals surface area contributed by atoms with Gasteiger partial charge in [-0.25, -0.2) is 0 Å². The molecule has 37 heavy (non-hydrogen) atoms. The molecule has 1 aromatic rings. The van der Waals surface area contributed by atoms with Gasteiger partial charge in [-0.2, -0.15) is 0 Å². The number of aliphatic hydroxyl groups is 1. The van der Waals surface area contributed by atoms with Gasteiger partial charge in [-0.1, -0.05) is 34.1 Å². The molecule has 0 aliphatic carbocycles. The molecule has 0 fully saturated rings. The summed E-state index contributed by atoms with van der Waals surface area (Å²) in [6, 6.07) is 3.64. The Kier molecular flexibility index (Phi) is 15.9. The van der Waals surface area contributed by atoms with Crippen LogP contribution in [0.1, 0.15) is 65.4 Å². The summed E-state index contributed by atoms with van der Waals surface area (Å²) in [7, 11) is 1.68. The highest BCUT2D eigenvalue weighted by molar-refractivity contribution is 5.85. The van der Waals surface area contributed by atoms with E-state index in [2.05, 4.69) is 26.1 Å². The Morgan fingerprint density at radius 2 is 1.86 bits per heavy atom. The van der Waals surface area contributed by atoms with Crippen LogP contribution in [0.4, 0.5) is 0 Å². The van der Waals surface area contributed by atoms with Gasteiger partial charge in [0.15, 0.2) is 11.5 Å². The van der Waals surface area contributed by atoms with Crippen molar-refractivity contribution in [1.82, 2.24) is 5.32 Å². The van der Waals surface area contributed by atoms with Crippen molar-refractivity contribution in [2.45, 2.75) is 78.4 Å². The molecule has 0 spiro atoms. The zero-order valence-corrected chi connectivity index (χ0v) is 24.1. The topological polar surface area (TPSA) is 112 Å². The Morgan fingerprint density at radius 1 is 1.14 bits per heavy atom. The molecular weight excluding hydrogens is 496 g/mol. The predicted molar refractivity (Wildman–Crippen MR) is 149 cm³/mol. The normalized spacial score (nSPS) is 15.9. The number of nitrogens with two attached hydrogens (primary N) is 1. The summed E-state index contributed by atoms with van der Waals surface area (Å²) in [4.78, 5) is 12.3. The minimum atomic E-state index is -0.738. The van der Waals surface area contributed by atoms with Crippen molar-refractivity contribution in [2.24, 2.45) is 23.5 Å². The fourth-order valence-corrected chi connectivity index (χ4v) is 4.39. The number of hydrogen-bond acceptors (Lipinski definition) is 7. The summed E-state index contributed by atoms with van der Waals surface area (Å²) in [5.74, 6) is 2.34. The molecule has 1 heterocycles. The highest BCUT2D eigenvalue weighted by Crippen LogP contribution is 2.41. The molecule has 1 amide bonds. The molecule has 9 heteroatoms. The van der Waals surface area contributed by atoms with Crippen molar-refractivity contribution in [2.75, 3.05) is 40.1 Å². The Balaban J connectivity index is 0.00000684. The molecule has 1 aliphatic rings. The average Bonchev–Trinajstić information content (AvgIpc) is 2.85. The molecule has 0 saturated carbocycles. The van der Waals surface area contributed by atoms with Crippen molar-refractivity contribution in [3.63, 3.8) is 0 Å². The lowest BCUT2D eigenvalue weighted by atomic mass is 9.82. The van der Waals surface area contributed by atoms with Crippen LogP contribution in [0.25, 0.3) is 0 Å². The predicted octanol–water partition coefficient (Wildman–Crippen LogP) is 4.13. The number of rotatable bonds is 17. The van der Waals surface area contributed by atoms with E-state index < -0.39 is 12.1 Å². The van der Waals surface area contributed by atoms with E-state index in [1.54, 1.807) is 7.11 Å². The standard InChI is InChI=1S/C28H48N2O6.ClH/c1-6-7-9-30-28(32)20(4)14-24(31)23(29)18-22(19(2)3)15-21-16-25(34-11-8-10-33-5)27-26(17-21)35-12-13-36-27;/h16-17,19-20,22-24,31H,6-15,18,29H2,1-5H3,(H,30,32);1H/t20-,22+,23+,24+;/m1./s1. The van der Waals surface area contributed by atoms with Gasteiger partial charge in [-0.3, -0.25) is 4.79 Å². The van der Waals surface area contributed by atoms with Gasteiger partial charge in [0.25, 0.3) is 0 Å². The molecule has 214 valence electrons. The molecule has 8 nitrogen and oxygen atoms in total. The minimum Gasteiger partial charge on any atom is -0.489 e. The second-order valence-electron chi connectivity index (χ2n) is 10.3. The number of unbranched alkanes of at least 4 members (excludes halogenated alkanes) is 1. The number of fused-ring (bicyclic) bond motifs is 1. The lowest BCUT2D eigenvalue weighted by Crippen LogP contribution is -2.41. The van der Waals surface area contributed by atoms with E-state index in [4.69, 9.17) is 24.7 Å². The maximum Gasteiger partial charge on any atom is 0.222 e. The van der Waals surface area contributed by atoms with Crippen LogP contribution in [-0.2, 0) is 16.0 Å². The van der Waals surface area contributed by atoms with Crippen molar-refractivity contribution in [3.05, 3.63) is 17.7 Å². The molecular formula is C28H49ClN2O6. The number of benzene rings is 1. The maximum atomic E-state index is 12.3. The molecule has 0 unspecified atom stereocenters. The van der Waals surface area contributed by atoms with Crippen LogP contribution in [-0.4, -0.2) is 63.2 Å². The molecule has 0 radical (unpaired) electrons. The van der Waals surface area contributed by atoms with Gasteiger partial charge >= 0.3 is 0 Å². The fraction of sp³-hybridized carbons (Fsp3) is 0.750. The molecule has 4 atom stereocenters. The van der Waals surface area contributed by atoms with Gasteiger partial charge < -0.3 is 35.1 Å². The molecule has 0 saturated heterocycles. The number of hydrogen-bond donors (Lipinski definition) is 3. The number of carbonyl (C=O) groups is 1. The number of carbonyl (C=O) groups excluding carboxylic acids is 1. The smallest absolute Gasteiger partial charge is 0.222 e. The second-order valence-corrected chi connectivity index (χ2v) is 10.3. The van der Waals surface area contributed by atoms with Crippen LogP contribution < -0.4 is 25.3 Å². The van der Waals surface area contributed by atoms with E-state index in [1.807, 2.05) is 19.1 Å². The first-order valence-corrected chi connectivity index (χ1v) is 13.5. The van der Waals surface area contributed by atoms with Gasteiger partial charge in [0.1, 0.15) is 13.2 Å². The van der Waals surface area contributed by atoms with E-state index in [0.717, 1.165) is 31.2 Å². The number of halogens is 1. The Bertz CT molecular complexity index is 794. The average molecular weight is 545 g/mol. The number of methoxy groups -OCH3 is 1. The lowest BCUT2D eigenvalue weighted by molar-refractivity contribution is -0.125. The van der Waals surface area contributed by atoms with Crippen molar-refractivity contribution in [3.8, 4) is 17.2 Å². The molecule has 0 bridgehead atoms. The molecule has 2 rings (SSSR count). The summed E-state index contributed by atoms with van der Waals surface area (Å²) >= 11 is 0. The SMILES string of the molecule is CCCCNC(=O)[C@H](C)C[C@H](O)[C@@H](N)C[C@H](Cc1cc(OCCCOC)c2c(c1)OCCO2)C(C)C.Cl. The van der Waals surface area contributed by atoms with Crippen LogP contribution in [0.15, 0.2) is 12.1 Å². The van der Waals surface area contributed by atoms with Crippen LogP contribution in [0.2, 0.25) is 0 Å². The summed E-state index contributed by atoms with van der Waals surface area (Å²) < 4.78 is 22.8. The van der Waals surface area contributed by atoms with Crippen LogP contribution in [0.5, 0.6) is 17.2 Å². The van der Waals surface area contributed by atoms with Gasteiger partial charge in [0, 0.05) is 38.6 Å². The lowest BCUT2D eigenvalue weighted by Gasteiger charge is -2.29. The quantitative estimate of drug-likeness (QED) is 0.253. The number of nitrogens with one attached hydrogen (secondary N) is 1. The van der Waals surface area contributed by atoms with Crippen LogP contribution in [0, 0.1) is 17.8 Å². The summed E-state index contributed by atoms with van der Waals surface area (Å²) in [6.07, 6.45) is 3.82. The highest BCUT2D eigenvalue weighted by atomic mass is 35.5. The third-order valence-electron chi connectivity index (χ3n) is 6.80. The Hall–Kier alpha value is -1.74. The largest absolute Gasteiger partial charge is 0.489 e. The van der Waals surface area contributed by atoms with Crippen molar-refractivity contribution in [1.29, 1.82) is 0 Å². The van der Waals surface area contributed by atoms with E-state index in [1.165, 1.54) is 0 Å². The Morgan fingerprint density at radius 3 is 2.54 bits per heavy atom. The van der Waals surface area contributed by atoms with E-state index in [-0.39, 0.29) is 30.2 Å². The monoisotopic (exact) mass is 544 g/mol. The van der Waals surface area contributed by atoms with Crippen LogP contribution in [0.3, 0.4) is 0 Å². The number of aliphatic hydroxyl groups excluding tert-OH is 1. The highest BCUT2D eigenvalue weighted by Gasteiger charge is 2.27. The van der Waals surface area contributed by atoms with Gasteiger partial charge in [-0.15, -0.1) is 12.4 Å². The fourth-order valence-electron chi connectivity index (χ4n) is 4.39. The summed E-state index contributed by atoms with van der Waals surface area (Å²) in [5, 5.41) is 13.7. The molecule has 1 aliphatic heterocycles. The maximum absolute atomic E-state index is 12.3. The zero-order valence-electron chi connectivity index (χ0n) is 23.3. The number of ether oxygens (including phenoxy) is 4. The van der Waals surface area contributed by atoms with E-state index in [0.29, 0.717) is 69.0 Å². The van der Waals surface area contributed by atoms with E-state index in [9.17, 15) is 9.90 Å². The minimum absolute atomic E-state index is 0. The summed E-state index contributed by atoms with van der Waals surface area (Å²) in [5.41, 5.74) is 7.54. The van der Waals surface area contributed by atoms with Gasteiger partial charge in [-0.05, 0) is 55.2 Å². The van der Waals surface area contributed by atoms with E-state index >= 15 is 0 Å². The molecule has 1 aromatic carbocycles. The molecule has 0 aromatic heterocycles. The zero-order chi connectivity index (χ0) is 26.5. The second kappa shape index (κ2) is 17.7. The first kappa shape index (κ1) is 33.3. The third-order valence-corrected chi connectivity index (χ3v) is 6.80. The van der Waals surface area contributed by atoms with Crippen LogP contribution >= 0.6 is 12.4 Å². The third kappa shape index (κ3) is 11.3.